The van der Waals surface area contributed by atoms with Gasteiger partial charge in [-0.25, -0.2) is 0 Å². The molecule has 120 valence electrons. The van der Waals surface area contributed by atoms with Crippen LogP contribution in [0.25, 0.3) is 0 Å². The fourth-order valence-corrected chi connectivity index (χ4v) is 5.00. The first kappa shape index (κ1) is 17.3. The van der Waals surface area contributed by atoms with E-state index in [9.17, 15) is 0 Å². The molecule has 1 saturated heterocycles. The summed E-state index contributed by atoms with van der Waals surface area (Å²) in [7, 11) is 0. The van der Waals surface area contributed by atoms with Crippen molar-refractivity contribution in [1.82, 2.24) is 10.2 Å². The minimum atomic E-state index is 0.724. The van der Waals surface area contributed by atoms with E-state index in [1.807, 2.05) is 11.3 Å². The number of nitrogens with zero attached hydrogens (tertiary/aromatic N) is 1. The van der Waals surface area contributed by atoms with Crippen LogP contribution in [0.4, 0.5) is 0 Å². The molecule has 1 aromatic heterocycles. The topological polar surface area (TPSA) is 15.3 Å². The molecule has 21 heavy (non-hydrogen) atoms. The van der Waals surface area contributed by atoms with Gasteiger partial charge in [0.25, 0.3) is 0 Å². The number of nitrogens with one attached hydrogen (secondary N) is 1. The van der Waals surface area contributed by atoms with Gasteiger partial charge in [-0.15, -0.1) is 11.3 Å². The van der Waals surface area contributed by atoms with E-state index in [0.29, 0.717) is 0 Å². The van der Waals surface area contributed by atoms with Crippen LogP contribution in [-0.2, 0) is 13.1 Å². The lowest BCUT2D eigenvalue weighted by atomic mass is 10.2. The molecule has 2 rings (SSSR count). The molecule has 1 atom stereocenters. The summed E-state index contributed by atoms with van der Waals surface area (Å²) in [5.41, 5.74) is 1.54. The molecule has 1 aliphatic heterocycles. The molecule has 4 heteroatoms. The van der Waals surface area contributed by atoms with Gasteiger partial charge in [-0.1, -0.05) is 20.8 Å². The highest BCUT2D eigenvalue weighted by Crippen LogP contribution is 2.26. The van der Waals surface area contributed by atoms with Crippen LogP contribution < -0.4 is 5.32 Å². The van der Waals surface area contributed by atoms with Gasteiger partial charge in [-0.05, 0) is 37.4 Å². The Morgan fingerprint density at radius 3 is 2.95 bits per heavy atom. The fraction of sp³-hybridized carbons (Fsp3) is 0.765. The maximum absolute atomic E-state index is 3.55. The third-order valence-electron chi connectivity index (χ3n) is 4.00. The highest BCUT2D eigenvalue weighted by atomic mass is 32.2. The van der Waals surface area contributed by atoms with Crippen molar-refractivity contribution in [3.8, 4) is 0 Å². The Morgan fingerprint density at radius 1 is 1.43 bits per heavy atom. The molecule has 2 heterocycles. The van der Waals surface area contributed by atoms with Gasteiger partial charge in [-0.3, -0.25) is 4.90 Å². The van der Waals surface area contributed by atoms with Crippen LogP contribution in [0.15, 0.2) is 6.07 Å². The van der Waals surface area contributed by atoms with Crippen molar-refractivity contribution in [2.24, 2.45) is 5.92 Å². The highest BCUT2D eigenvalue weighted by Gasteiger charge is 2.20. The van der Waals surface area contributed by atoms with E-state index in [2.05, 4.69) is 55.7 Å². The molecule has 1 fully saturated rings. The normalized spacial score (nSPS) is 20.3. The van der Waals surface area contributed by atoms with E-state index in [-0.39, 0.29) is 0 Å². The largest absolute Gasteiger partial charge is 0.312 e. The van der Waals surface area contributed by atoms with Gasteiger partial charge in [0, 0.05) is 46.9 Å². The molecule has 0 aromatic carbocycles. The Kier molecular flexibility index (Phi) is 7.06. The van der Waals surface area contributed by atoms with Gasteiger partial charge < -0.3 is 5.32 Å². The van der Waals surface area contributed by atoms with Gasteiger partial charge in [-0.2, -0.15) is 11.8 Å². The second-order valence-electron chi connectivity index (χ2n) is 6.46. The van der Waals surface area contributed by atoms with E-state index in [1.165, 1.54) is 35.0 Å². The number of rotatable bonds is 7. The third-order valence-corrected chi connectivity index (χ3v) is 6.46. The monoisotopic (exact) mass is 326 g/mol. The van der Waals surface area contributed by atoms with E-state index < -0.39 is 0 Å². The average molecular weight is 327 g/mol. The summed E-state index contributed by atoms with van der Waals surface area (Å²) in [4.78, 5) is 5.63. The van der Waals surface area contributed by atoms with Gasteiger partial charge in [0.15, 0.2) is 0 Å². The molecule has 0 bridgehead atoms. The Balaban J connectivity index is 1.86. The van der Waals surface area contributed by atoms with Crippen molar-refractivity contribution in [1.29, 1.82) is 0 Å². The lowest BCUT2D eigenvalue weighted by Crippen LogP contribution is -2.37. The SMILES string of the molecule is CCC1CN(Cc2cc(CNCC(C)C)sc2C)CCS1. The predicted octanol–water partition coefficient (Wildman–Crippen LogP) is 4.13. The summed E-state index contributed by atoms with van der Waals surface area (Å²) in [6, 6.07) is 2.43. The van der Waals surface area contributed by atoms with Crippen molar-refractivity contribution >= 4 is 23.1 Å². The second kappa shape index (κ2) is 8.56. The first-order valence-corrected chi connectivity index (χ1v) is 10.1. The zero-order valence-electron chi connectivity index (χ0n) is 13.9. The summed E-state index contributed by atoms with van der Waals surface area (Å²) in [6.45, 7) is 14.9. The first-order valence-electron chi connectivity index (χ1n) is 8.21. The third kappa shape index (κ3) is 5.59. The lowest BCUT2D eigenvalue weighted by molar-refractivity contribution is 0.273. The van der Waals surface area contributed by atoms with Gasteiger partial charge in [0.2, 0.25) is 0 Å². The molecule has 0 saturated carbocycles. The molecule has 0 aliphatic carbocycles. The lowest BCUT2D eigenvalue weighted by Gasteiger charge is -2.31. The Bertz CT molecular complexity index is 428. The van der Waals surface area contributed by atoms with Gasteiger partial charge in [0.1, 0.15) is 0 Å². The predicted molar refractivity (Wildman–Crippen MR) is 97.4 cm³/mol. The molecule has 2 nitrogen and oxygen atoms in total. The molecular formula is C17H30N2S2. The van der Waals surface area contributed by atoms with E-state index in [4.69, 9.17) is 0 Å². The summed E-state index contributed by atoms with van der Waals surface area (Å²) < 4.78 is 0. The minimum absolute atomic E-state index is 0.724. The number of hydrogen-bond donors (Lipinski definition) is 1. The number of thioether (sulfide) groups is 1. The van der Waals surface area contributed by atoms with Crippen molar-refractivity contribution < 1.29 is 0 Å². The summed E-state index contributed by atoms with van der Waals surface area (Å²) in [6.07, 6.45) is 1.30. The molecule has 1 N–H and O–H groups in total. The first-order chi connectivity index (χ1) is 10.1. The molecule has 0 amide bonds. The van der Waals surface area contributed by atoms with Crippen LogP contribution in [-0.4, -0.2) is 35.5 Å². The maximum atomic E-state index is 3.55. The Morgan fingerprint density at radius 2 is 2.24 bits per heavy atom. The molecular weight excluding hydrogens is 296 g/mol. The van der Waals surface area contributed by atoms with Crippen molar-refractivity contribution in [2.45, 2.75) is 52.5 Å². The quantitative estimate of drug-likeness (QED) is 0.811. The molecule has 1 aromatic rings. The smallest absolute Gasteiger partial charge is 0.0300 e. The summed E-state index contributed by atoms with van der Waals surface area (Å²) >= 11 is 4.12. The fourth-order valence-electron chi connectivity index (χ4n) is 2.73. The van der Waals surface area contributed by atoms with Crippen LogP contribution in [0.2, 0.25) is 0 Å². The Hall–Kier alpha value is -0.0300. The molecule has 1 unspecified atom stereocenters. The molecule has 0 radical (unpaired) electrons. The maximum Gasteiger partial charge on any atom is 0.0300 e. The zero-order chi connectivity index (χ0) is 15.2. The number of thiophene rings is 1. The molecule has 1 aliphatic rings. The van der Waals surface area contributed by atoms with Crippen LogP contribution in [0.5, 0.6) is 0 Å². The van der Waals surface area contributed by atoms with Crippen LogP contribution in [0, 0.1) is 12.8 Å². The van der Waals surface area contributed by atoms with Crippen molar-refractivity contribution in [3.05, 3.63) is 21.4 Å². The second-order valence-corrected chi connectivity index (χ2v) is 9.20. The van der Waals surface area contributed by atoms with Crippen LogP contribution in [0.1, 0.15) is 42.5 Å². The summed E-state index contributed by atoms with van der Waals surface area (Å²) in [5.74, 6) is 2.02. The zero-order valence-corrected chi connectivity index (χ0v) is 15.6. The standard InChI is InChI=1S/C17H30N2S2/c1-5-16-12-19(6-7-20-16)11-15-8-17(21-14(15)4)10-18-9-13(2)3/h8,13,16,18H,5-7,9-12H2,1-4H3. The van der Waals surface area contributed by atoms with Crippen LogP contribution >= 0.6 is 23.1 Å². The van der Waals surface area contributed by atoms with Gasteiger partial charge in [0.05, 0.1) is 0 Å². The highest BCUT2D eigenvalue weighted by molar-refractivity contribution is 8.00. The Labute approximate surface area is 138 Å². The number of hydrogen-bond acceptors (Lipinski definition) is 4. The van der Waals surface area contributed by atoms with Gasteiger partial charge >= 0.3 is 0 Å². The van der Waals surface area contributed by atoms with E-state index >= 15 is 0 Å². The average Bonchev–Trinajstić information content (AvgIpc) is 2.79. The van der Waals surface area contributed by atoms with Crippen molar-refractivity contribution in [2.75, 3.05) is 25.4 Å². The van der Waals surface area contributed by atoms with E-state index in [1.54, 1.807) is 5.56 Å². The van der Waals surface area contributed by atoms with E-state index in [0.717, 1.165) is 30.8 Å². The van der Waals surface area contributed by atoms with Crippen molar-refractivity contribution in [3.63, 3.8) is 0 Å². The van der Waals surface area contributed by atoms with Crippen LogP contribution in [0.3, 0.4) is 0 Å². The molecule has 0 spiro atoms. The number of aryl methyl sites for hydroxylation is 1. The summed E-state index contributed by atoms with van der Waals surface area (Å²) in [5, 5.41) is 4.39. The minimum Gasteiger partial charge on any atom is -0.312 e.